The molecule has 0 aliphatic heterocycles. The first kappa shape index (κ1) is 10.3. The van der Waals surface area contributed by atoms with Gasteiger partial charge in [0.15, 0.2) is 0 Å². The van der Waals surface area contributed by atoms with Crippen molar-refractivity contribution in [2.24, 2.45) is 4.99 Å². The van der Waals surface area contributed by atoms with Crippen LogP contribution in [-0.4, -0.2) is 15.9 Å². The maximum Gasteiger partial charge on any atom is 0.235 e. The second-order valence-corrected chi connectivity index (χ2v) is 3.45. The highest BCUT2D eigenvalue weighted by Crippen LogP contribution is 2.16. The van der Waals surface area contributed by atoms with E-state index in [9.17, 15) is 4.79 Å². The minimum atomic E-state index is -0.199. The predicted molar refractivity (Wildman–Crippen MR) is 60.1 cm³/mol. The highest BCUT2D eigenvalue weighted by molar-refractivity contribution is 5.35. The van der Waals surface area contributed by atoms with Gasteiger partial charge in [-0.2, -0.15) is 10.1 Å². The fourth-order valence-electron chi connectivity index (χ4n) is 1.43. The molecule has 0 aliphatic rings. The summed E-state index contributed by atoms with van der Waals surface area (Å²) in [5, 5.41) is 4.22. The number of carbonyl (C=O) groups excluding carboxylic acids is 1. The monoisotopic (exact) mass is 213 g/mol. The first-order valence-corrected chi connectivity index (χ1v) is 4.98. The number of isocyanates is 1. The molecule has 0 N–H and O–H groups in total. The Bertz CT molecular complexity index is 512. The van der Waals surface area contributed by atoms with Gasteiger partial charge in [-0.15, -0.1) is 0 Å². The number of para-hydroxylation sites is 1. The molecule has 2 aromatic rings. The summed E-state index contributed by atoms with van der Waals surface area (Å²) in [7, 11) is 0. The molecule has 4 heteroatoms. The molecule has 0 amide bonds. The zero-order valence-corrected chi connectivity index (χ0v) is 8.87. The van der Waals surface area contributed by atoms with Crippen LogP contribution >= 0.6 is 0 Å². The minimum absolute atomic E-state index is 0.199. The fourth-order valence-corrected chi connectivity index (χ4v) is 1.43. The quantitative estimate of drug-likeness (QED) is 0.580. The molecule has 0 aliphatic carbocycles. The van der Waals surface area contributed by atoms with E-state index in [0.29, 0.717) is 0 Å². The van der Waals surface area contributed by atoms with Crippen molar-refractivity contribution in [1.82, 2.24) is 9.78 Å². The van der Waals surface area contributed by atoms with Crippen LogP contribution in [0, 0.1) is 0 Å². The Hall–Kier alpha value is -2.19. The Labute approximate surface area is 93.2 Å². The molecular formula is C12H11N3O. The second-order valence-electron chi connectivity index (χ2n) is 3.45. The van der Waals surface area contributed by atoms with E-state index in [1.807, 2.05) is 43.5 Å². The third-order valence-electron chi connectivity index (χ3n) is 2.35. The molecule has 1 aromatic heterocycles. The molecule has 16 heavy (non-hydrogen) atoms. The van der Waals surface area contributed by atoms with Crippen LogP contribution in [0.25, 0.3) is 5.69 Å². The number of hydrogen-bond donors (Lipinski definition) is 0. The molecular weight excluding hydrogens is 202 g/mol. The van der Waals surface area contributed by atoms with Crippen LogP contribution in [-0.2, 0) is 4.79 Å². The smallest absolute Gasteiger partial charge is 0.235 e. The summed E-state index contributed by atoms with van der Waals surface area (Å²) in [5.41, 5.74) is 1.88. The van der Waals surface area contributed by atoms with E-state index in [1.165, 1.54) is 0 Å². The van der Waals surface area contributed by atoms with Crippen LogP contribution in [0.2, 0.25) is 0 Å². The number of nitrogens with zero attached hydrogens (tertiary/aromatic N) is 3. The van der Waals surface area contributed by atoms with Gasteiger partial charge in [0.1, 0.15) is 0 Å². The molecule has 0 saturated heterocycles. The Kier molecular flexibility index (Phi) is 2.94. The van der Waals surface area contributed by atoms with Gasteiger partial charge in [-0.25, -0.2) is 9.48 Å². The van der Waals surface area contributed by atoms with Crippen molar-refractivity contribution in [1.29, 1.82) is 0 Å². The van der Waals surface area contributed by atoms with Crippen molar-refractivity contribution in [3.63, 3.8) is 0 Å². The molecule has 4 nitrogen and oxygen atoms in total. The first-order valence-electron chi connectivity index (χ1n) is 4.98. The second kappa shape index (κ2) is 4.55. The van der Waals surface area contributed by atoms with Gasteiger partial charge in [0.2, 0.25) is 6.08 Å². The van der Waals surface area contributed by atoms with Crippen LogP contribution in [0.3, 0.4) is 0 Å². The predicted octanol–water partition coefficient (Wildman–Crippen LogP) is 2.27. The lowest BCUT2D eigenvalue weighted by Crippen LogP contribution is -1.93. The summed E-state index contributed by atoms with van der Waals surface area (Å²) in [4.78, 5) is 13.8. The van der Waals surface area contributed by atoms with Crippen molar-refractivity contribution >= 4 is 6.08 Å². The fraction of sp³-hybridized carbons (Fsp3) is 0.167. The summed E-state index contributed by atoms with van der Waals surface area (Å²) < 4.78 is 1.76. The lowest BCUT2D eigenvalue weighted by atomic mass is 10.2. The van der Waals surface area contributed by atoms with Gasteiger partial charge in [-0.3, -0.25) is 0 Å². The van der Waals surface area contributed by atoms with Crippen molar-refractivity contribution in [2.75, 3.05) is 0 Å². The van der Waals surface area contributed by atoms with Gasteiger partial charge in [-0.1, -0.05) is 18.2 Å². The summed E-state index contributed by atoms with van der Waals surface area (Å²) in [6.07, 6.45) is 5.12. The van der Waals surface area contributed by atoms with E-state index in [0.717, 1.165) is 11.3 Å². The van der Waals surface area contributed by atoms with Gasteiger partial charge in [0, 0.05) is 11.8 Å². The van der Waals surface area contributed by atoms with Gasteiger partial charge in [-0.05, 0) is 19.1 Å². The lowest BCUT2D eigenvalue weighted by Gasteiger charge is -2.00. The highest BCUT2D eigenvalue weighted by Gasteiger charge is 2.06. The summed E-state index contributed by atoms with van der Waals surface area (Å²) in [6.45, 7) is 1.83. The van der Waals surface area contributed by atoms with E-state index in [4.69, 9.17) is 0 Å². The van der Waals surface area contributed by atoms with E-state index in [1.54, 1.807) is 17.0 Å². The SMILES string of the molecule is CC(N=C=O)c1cnn(-c2ccccc2)c1. The van der Waals surface area contributed by atoms with Crippen molar-refractivity contribution in [3.05, 3.63) is 48.3 Å². The summed E-state index contributed by atoms with van der Waals surface area (Å²) in [6, 6.07) is 9.57. The average molecular weight is 213 g/mol. The normalized spacial score (nSPS) is 11.8. The Balaban J connectivity index is 2.30. The van der Waals surface area contributed by atoms with Crippen LogP contribution in [0.15, 0.2) is 47.7 Å². The molecule has 0 radical (unpaired) electrons. The molecule has 2 rings (SSSR count). The van der Waals surface area contributed by atoms with E-state index < -0.39 is 0 Å². The molecule has 1 heterocycles. The molecule has 0 saturated carbocycles. The number of benzene rings is 1. The first-order chi connectivity index (χ1) is 7.81. The number of aromatic nitrogens is 2. The third-order valence-corrected chi connectivity index (χ3v) is 2.35. The highest BCUT2D eigenvalue weighted by atomic mass is 16.1. The average Bonchev–Trinajstić information content (AvgIpc) is 2.80. The Morgan fingerprint density at radius 2 is 2.12 bits per heavy atom. The van der Waals surface area contributed by atoms with Gasteiger partial charge < -0.3 is 0 Å². The largest absolute Gasteiger partial charge is 0.241 e. The van der Waals surface area contributed by atoms with Gasteiger partial charge in [0.05, 0.1) is 17.9 Å². The van der Waals surface area contributed by atoms with Gasteiger partial charge >= 0.3 is 0 Å². The van der Waals surface area contributed by atoms with E-state index in [-0.39, 0.29) is 6.04 Å². The molecule has 1 aromatic carbocycles. The van der Waals surface area contributed by atoms with Crippen molar-refractivity contribution < 1.29 is 4.79 Å². The maximum absolute atomic E-state index is 10.1. The maximum atomic E-state index is 10.1. The molecule has 1 atom stereocenters. The molecule has 80 valence electrons. The van der Waals surface area contributed by atoms with Crippen LogP contribution in [0.4, 0.5) is 0 Å². The topological polar surface area (TPSA) is 47.2 Å². The molecule has 0 spiro atoms. The van der Waals surface area contributed by atoms with E-state index in [2.05, 4.69) is 10.1 Å². The van der Waals surface area contributed by atoms with Crippen molar-refractivity contribution in [2.45, 2.75) is 13.0 Å². The molecule has 0 fully saturated rings. The lowest BCUT2D eigenvalue weighted by molar-refractivity contribution is 0.559. The third kappa shape index (κ3) is 2.07. The minimum Gasteiger partial charge on any atom is -0.241 e. The zero-order chi connectivity index (χ0) is 11.4. The summed E-state index contributed by atoms with van der Waals surface area (Å²) >= 11 is 0. The number of hydrogen-bond acceptors (Lipinski definition) is 3. The number of aliphatic imine (C=N–C) groups is 1. The Morgan fingerprint density at radius 3 is 2.81 bits per heavy atom. The van der Waals surface area contributed by atoms with Crippen LogP contribution < -0.4 is 0 Å². The number of rotatable bonds is 3. The van der Waals surface area contributed by atoms with E-state index >= 15 is 0 Å². The summed E-state index contributed by atoms with van der Waals surface area (Å²) in [5.74, 6) is 0. The Morgan fingerprint density at radius 1 is 1.38 bits per heavy atom. The standard InChI is InChI=1S/C12H11N3O/c1-10(13-9-16)11-7-14-15(8-11)12-5-3-2-4-6-12/h2-8,10H,1H3. The van der Waals surface area contributed by atoms with Crippen molar-refractivity contribution in [3.8, 4) is 5.69 Å². The van der Waals surface area contributed by atoms with Gasteiger partial charge in [0.25, 0.3) is 0 Å². The van der Waals surface area contributed by atoms with Crippen LogP contribution in [0.5, 0.6) is 0 Å². The van der Waals surface area contributed by atoms with Crippen LogP contribution in [0.1, 0.15) is 18.5 Å². The zero-order valence-electron chi connectivity index (χ0n) is 8.87. The molecule has 0 bridgehead atoms. The molecule has 1 unspecified atom stereocenters.